The number of carboxylic acid groups (broad SMARTS) is 2. The van der Waals surface area contributed by atoms with Crippen molar-refractivity contribution in [1.82, 2.24) is 0 Å². The summed E-state index contributed by atoms with van der Waals surface area (Å²) >= 11 is -0.182. The molecule has 2 radical (unpaired) electrons. The molecule has 2 N–H and O–H groups in total. The molecule has 0 bridgehead atoms. The van der Waals surface area contributed by atoms with E-state index >= 15 is 0 Å². The van der Waals surface area contributed by atoms with Gasteiger partial charge in [-0.2, -0.15) is 0 Å². The van der Waals surface area contributed by atoms with Gasteiger partial charge in [-0.15, -0.1) is 0 Å². The summed E-state index contributed by atoms with van der Waals surface area (Å²) in [4.78, 5) is 19.1. The van der Waals surface area contributed by atoms with Crippen LogP contribution in [-0.4, -0.2) is 43.3 Å². The van der Waals surface area contributed by atoms with E-state index in [1.807, 2.05) is 0 Å². The standard InChI is InChI=1S/C4H4O4.2C4H9.Sn/c5-3(6)1-2-4(7)8;2*1-4(2)3;/h1-2H,(H,5,6)(H,7,8);2*1-3H3;. The van der Waals surface area contributed by atoms with Crippen LogP contribution in [0.3, 0.4) is 0 Å². The van der Waals surface area contributed by atoms with Crippen LogP contribution in [0.4, 0.5) is 0 Å². The average molecular weight is 349 g/mol. The van der Waals surface area contributed by atoms with Crippen LogP contribution in [-0.2, 0) is 9.59 Å². The first-order valence-electron chi connectivity index (χ1n) is 5.27. The fourth-order valence-electron chi connectivity index (χ4n) is 1.27. The van der Waals surface area contributed by atoms with Crippen molar-refractivity contribution in [1.29, 1.82) is 0 Å². The number of carbonyl (C=O) groups is 2. The quantitative estimate of drug-likeness (QED) is 0.594. The van der Waals surface area contributed by atoms with Gasteiger partial charge in [0.15, 0.2) is 0 Å². The first kappa shape index (κ1) is 18.8. The van der Waals surface area contributed by atoms with E-state index in [9.17, 15) is 9.59 Å². The van der Waals surface area contributed by atoms with Gasteiger partial charge in [0.2, 0.25) is 0 Å². The van der Waals surface area contributed by atoms with E-state index in [4.69, 9.17) is 10.2 Å². The van der Waals surface area contributed by atoms with Crippen LogP contribution in [0.25, 0.3) is 0 Å². The number of aliphatic carboxylic acids is 2. The maximum absolute atomic E-state index is 9.55. The molecule has 0 amide bonds. The fraction of sp³-hybridized carbons (Fsp3) is 0.667. The van der Waals surface area contributed by atoms with Crippen molar-refractivity contribution < 1.29 is 19.8 Å². The SMILES string of the molecule is C[C](C)(C)[Sn][C](C)(C)C.O=C(O)C=CC(=O)O. The van der Waals surface area contributed by atoms with Gasteiger partial charge >= 0.3 is 81.5 Å². The number of hydrogen-bond acceptors (Lipinski definition) is 2. The molecule has 0 heterocycles. The molecule has 17 heavy (non-hydrogen) atoms. The summed E-state index contributed by atoms with van der Waals surface area (Å²) in [6.45, 7) is 14.2. The van der Waals surface area contributed by atoms with Crippen molar-refractivity contribution in [3.05, 3.63) is 12.2 Å². The second-order valence-corrected chi connectivity index (χ2v) is 14.9. The number of rotatable bonds is 2. The molecule has 0 aromatic heterocycles. The van der Waals surface area contributed by atoms with E-state index in [1.54, 1.807) is 0 Å². The van der Waals surface area contributed by atoms with Gasteiger partial charge in [0.25, 0.3) is 0 Å². The largest absolute Gasteiger partial charge is 0.478 e. The molecule has 0 unspecified atom stereocenters. The Morgan fingerprint density at radius 1 is 0.824 bits per heavy atom. The molecule has 0 aromatic rings. The maximum atomic E-state index is 9.55. The molecule has 0 saturated heterocycles. The van der Waals surface area contributed by atoms with Crippen LogP contribution in [0.1, 0.15) is 41.5 Å². The topological polar surface area (TPSA) is 74.6 Å². The van der Waals surface area contributed by atoms with Crippen LogP contribution in [0.2, 0.25) is 6.86 Å². The summed E-state index contributed by atoms with van der Waals surface area (Å²) in [6.07, 6.45) is 1.12. The predicted molar refractivity (Wildman–Crippen MR) is 69.6 cm³/mol. The van der Waals surface area contributed by atoms with Crippen LogP contribution in [0, 0.1) is 0 Å². The van der Waals surface area contributed by atoms with E-state index in [-0.39, 0.29) is 21.1 Å². The fourth-order valence-corrected chi connectivity index (χ4v) is 7.69. The number of hydrogen-bond donors (Lipinski definition) is 2. The monoisotopic (exact) mass is 350 g/mol. The van der Waals surface area contributed by atoms with Crippen molar-refractivity contribution >= 4 is 33.1 Å². The van der Waals surface area contributed by atoms with Gasteiger partial charge in [-0.1, -0.05) is 0 Å². The smallest absolute Gasteiger partial charge is 0.328 e. The van der Waals surface area contributed by atoms with Crippen molar-refractivity contribution in [3.63, 3.8) is 0 Å². The van der Waals surface area contributed by atoms with E-state index in [1.165, 1.54) is 0 Å². The van der Waals surface area contributed by atoms with E-state index in [2.05, 4.69) is 41.5 Å². The molecule has 98 valence electrons. The third kappa shape index (κ3) is 25.6. The summed E-state index contributed by atoms with van der Waals surface area (Å²) in [5.41, 5.74) is 0. The minimum atomic E-state index is -1.26. The van der Waals surface area contributed by atoms with Gasteiger partial charge in [-0.05, 0) is 0 Å². The molecule has 0 aliphatic carbocycles. The Bertz CT molecular complexity index is 254. The van der Waals surface area contributed by atoms with Crippen LogP contribution in [0.5, 0.6) is 0 Å². The van der Waals surface area contributed by atoms with Gasteiger partial charge in [-0.3, -0.25) is 0 Å². The molecule has 0 rings (SSSR count). The molecule has 0 saturated carbocycles. The normalized spacial score (nSPS) is 11.9. The summed E-state index contributed by atoms with van der Waals surface area (Å²) in [5, 5.41) is 15.6. The molecule has 5 heteroatoms. The number of carboxylic acids is 2. The molecule has 0 fully saturated rings. The van der Waals surface area contributed by atoms with Gasteiger partial charge in [0.05, 0.1) is 0 Å². The summed E-state index contributed by atoms with van der Waals surface area (Å²) in [6, 6.07) is 0. The summed E-state index contributed by atoms with van der Waals surface area (Å²) in [5.74, 6) is -2.51. The van der Waals surface area contributed by atoms with Gasteiger partial charge < -0.3 is 10.2 Å². The van der Waals surface area contributed by atoms with Crippen molar-refractivity contribution in [3.8, 4) is 0 Å². The second kappa shape index (κ2) is 7.74. The molecule has 0 spiro atoms. The van der Waals surface area contributed by atoms with Crippen LogP contribution in [0.15, 0.2) is 12.2 Å². The Hall–Kier alpha value is -0.521. The van der Waals surface area contributed by atoms with Gasteiger partial charge in [0.1, 0.15) is 0 Å². The molecule has 0 aliphatic heterocycles. The first-order chi connectivity index (χ1) is 7.33. The van der Waals surface area contributed by atoms with Crippen LogP contribution < -0.4 is 0 Å². The minimum Gasteiger partial charge on any atom is -0.478 e. The third-order valence-corrected chi connectivity index (χ3v) is 5.40. The maximum Gasteiger partial charge on any atom is 0.328 e. The molecule has 0 aromatic carbocycles. The van der Waals surface area contributed by atoms with Gasteiger partial charge in [-0.25, -0.2) is 9.59 Å². The van der Waals surface area contributed by atoms with Crippen molar-refractivity contribution in [2.24, 2.45) is 0 Å². The Labute approximate surface area is 113 Å². The summed E-state index contributed by atoms with van der Waals surface area (Å²) in [7, 11) is 0. The van der Waals surface area contributed by atoms with Crippen molar-refractivity contribution in [2.75, 3.05) is 0 Å². The Morgan fingerprint density at radius 2 is 1.06 bits per heavy atom. The van der Waals surface area contributed by atoms with E-state index in [0.717, 1.165) is 0 Å². The minimum absolute atomic E-state index is 0.182. The molecule has 0 atom stereocenters. The Morgan fingerprint density at radius 3 is 1.12 bits per heavy atom. The Balaban J connectivity index is 0. The Kier molecular flexibility index (Phi) is 8.57. The van der Waals surface area contributed by atoms with E-state index in [0.29, 0.717) is 19.0 Å². The zero-order valence-electron chi connectivity index (χ0n) is 11.4. The zero-order chi connectivity index (χ0) is 14.3. The third-order valence-electron chi connectivity index (χ3n) is 1.12. The van der Waals surface area contributed by atoms with Crippen LogP contribution >= 0.6 is 0 Å². The molecular weight excluding hydrogens is 327 g/mol. The zero-order valence-corrected chi connectivity index (χ0v) is 14.2. The summed E-state index contributed by atoms with van der Waals surface area (Å²) < 4.78 is 1.31. The van der Waals surface area contributed by atoms with Gasteiger partial charge in [0, 0.05) is 12.2 Å². The molecule has 4 nitrogen and oxygen atoms in total. The average Bonchev–Trinajstić information content (AvgIpc) is 1.94. The predicted octanol–water partition coefficient (Wildman–Crippen LogP) is 2.84. The molecule has 0 aliphatic rings. The van der Waals surface area contributed by atoms with E-state index < -0.39 is 11.9 Å². The van der Waals surface area contributed by atoms with Crippen molar-refractivity contribution in [2.45, 2.75) is 48.4 Å². The second-order valence-electron chi connectivity index (χ2n) is 5.63. The molecular formula is C12H22O4Sn. The first-order valence-corrected chi connectivity index (χ1v) is 8.12.